The van der Waals surface area contributed by atoms with E-state index >= 15 is 0 Å². The lowest BCUT2D eigenvalue weighted by molar-refractivity contribution is -0.137. The highest BCUT2D eigenvalue weighted by atomic mass is 32.2. The predicted molar refractivity (Wildman–Crippen MR) is 72.7 cm³/mol. The van der Waals surface area contributed by atoms with Gasteiger partial charge in [0, 0.05) is 12.7 Å². The minimum absolute atomic E-state index is 0.0168. The summed E-state index contributed by atoms with van der Waals surface area (Å²) in [5, 5.41) is 12.3. The smallest absolute Gasteiger partial charge is 0.325 e. The number of carboxylic acid groups (broad SMARTS) is 1. The fraction of sp³-hybridized carbons (Fsp3) is 0.600. The number of hydrogen-bond acceptors (Lipinski definition) is 5. The lowest BCUT2D eigenvalue weighted by Crippen LogP contribution is -2.24. The van der Waals surface area contributed by atoms with Gasteiger partial charge in [0.05, 0.1) is 6.20 Å². The first-order valence-electron chi connectivity index (χ1n) is 5.77. The molecule has 0 spiro atoms. The summed E-state index contributed by atoms with van der Waals surface area (Å²) >= 11 is 1.75. The van der Waals surface area contributed by atoms with Crippen molar-refractivity contribution in [3.8, 4) is 0 Å². The van der Waals surface area contributed by atoms with Crippen molar-refractivity contribution in [1.29, 1.82) is 0 Å². The van der Waals surface area contributed by atoms with Crippen LogP contribution in [0.3, 0.4) is 0 Å². The van der Waals surface area contributed by atoms with E-state index in [-0.39, 0.29) is 11.4 Å². The molecule has 0 aliphatic carbocycles. The zero-order valence-corrected chi connectivity index (χ0v) is 12.2. The van der Waals surface area contributed by atoms with Crippen LogP contribution in [-0.2, 0) is 21.4 Å². The summed E-state index contributed by atoms with van der Waals surface area (Å²) in [6.07, 6.45) is 3.10. The van der Waals surface area contributed by atoms with Crippen LogP contribution in [-0.4, -0.2) is 47.3 Å². The predicted octanol–water partition coefficient (Wildman–Crippen LogP) is 0.389. The number of aliphatic carboxylic acids is 1. The maximum atomic E-state index is 11.8. The van der Waals surface area contributed by atoms with Crippen molar-refractivity contribution in [2.24, 2.45) is 0 Å². The van der Waals surface area contributed by atoms with Gasteiger partial charge in [-0.25, -0.2) is 13.1 Å². The van der Waals surface area contributed by atoms with E-state index < -0.39 is 16.0 Å². The Morgan fingerprint density at radius 1 is 1.58 bits per heavy atom. The van der Waals surface area contributed by atoms with Gasteiger partial charge >= 0.3 is 5.97 Å². The van der Waals surface area contributed by atoms with Gasteiger partial charge in [-0.15, -0.1) is 0 Å². The van der Waals surface area contributed by atoms with E-state index in [1.54, 1.807) is 11.8 Å². The average molecular weight is 307 g/mol. The van der Waals surface area contributed by atoms with E-state index in [4.69, 9.17) is 5.11 Å². The highest BCUT2D eigenvalue weighted by Gasteiger charge is 2.16. The molecule has 0 aliphatic heterocycles. The maximum absolute atomic E-state index is 11.8. The molecule has 7 nitrogen and oxygen atoms in total. The zero-order chi connectivity index (χ0) is 14.3. The molecule has 0 radical (unpaired) electrons. The highest BCUT2D eigenvalue weighted by molar-refractivity contribution is 7.99. The molecule has 0 saturated carbocycles. The van der Waals surface area contributed by atoms with Gasteiger partial charge in [0.15, 0.2) is 0 Å². The Morgan fingerprint density at radius 3 is 2.95 bits per heavy atom. The Kier molecular flexibility index (Phi) is 6.32. The third-order valence-electron chi connectivity index (χ3n) is 2.18. The van der Waals surface area contributed by atoms with E-state index in [0.29, 0.717) is 6.54 Å². The molecule has 0 atom stereocenters. The molecule has 1 heterocycles. The molecule has 2 N–H and O–H groups in total. The molecule has 19 heavy (non-hydrogen) atoms. The molecule has 0 unspecified atom stereocenters. The van der Waals surface area contributed by atoms with Gasteiger partial charge in [-0.3, -0.25) is 9.48 Å². The van der Waals surface area contributed by atoms with Crippen LogP contribution in [0.4, 0.5) is 0 Å². The summed E-state index contributed by atoms with van der Waals surface area (Å²) in [6, 6.07) is 0. The number of nitrogens with one attached hydrogen (secondary N) is 1. The molecule has 1 aromatic rings. The van der Waals surface area contributed by atoms with Crippen LogP contribution in [0.2, 0.25) is 0 Å². The molecule has 0 aromatic carbocycles. The van der Waals surface area contributed by atoms with Crippen molar-refractivity contribution in [3.63, 3.8) is 0 Å². The number of sulfonamides is 1. The van der Waals surface area contributed by atoms with Crippen molar-refractivity contribution in [2.75, 3.05) is 18.1 Å². The third kappa shape index (κ3) is 5.62. The first-order chi connectivity index (χ1) is 8.95. The maximum Gasteiger partial charge on any atom is 0.325 e. The minimum atomic E-state index is -3.60. The summed E-state index contributed by atoms with van der Waals surface area (Å²) in [4.78, 5) is 10.5. The van der Waals surface area contributed by atoms with Gasteiger partial charge in [0.25, 0.3) is 0 Å². The van der Waals surface area contributed by atoms with E-state index in [9.17, 15) is 13.2 Å². The summed E-state index contributed by atoms with van der Waals surface area (Å²) < 4.78 is 27.2. The van der Waals surface area contributed by atoms with E-state index in [1.807, 2.05) is 6.92 Å². The second-order valence-corrected chi connectivity index (χ2v) is 6.88. The number of rotatable bonds is 9. The summed E-state index contributed by atoms with van der Waals surface area (Å²) in [6.45, 7) is 2.05. The standard InChI is InChI=1S/C10H17N3O4S2/c1-2-18-5-3-4-12-19(16,17)9-6-11-13(7-9)8-10(14)15/h6-7,12H,2-5,8H2,1H3,(H,14,15). The molecule has 1 rings (SSSR count). The second-order valence-electron chi connectivity index (χ2n) is 3.72. The molecule has 108 valence electrons. The Morgan fingerprint density at radius 2 is 2.32 bits per heavy atom. The van der Waals surface area contributed by atoms with Crippen LogP contribution in [0.15, 0.2) is 17.3 Å². The molecule has 0 fully saturated rings. The number of hydrogen-bond donors (Lipinski definition) is 2. The van der Waals surface area contributed by atoms with Gasteiger partial charge in [-0.2, -0.15) is 16.9 Å². The molecular weight excluding hydrogens is 290 g/mol. The number of thioether (sulfide) groups is 1. The Balaban J connectivity index is 2.52. The lowest BCUT2D eigenvalue weighted by Gasteiger charge is -2.03. The van der Waals surface area contributed by atoms with Gasteiger partial charge in [0.1, 0.15) is 11.4 Å². The molecule has 0 saturated heterocycles. The largest absolute Gasteiger partial charge is 0.480 e. The fourth-order valence-corrected chi connectivity index (χ4v) is 2.98. The molecule has 0 amide bonds. The van der Waals surface area contributed by atoms with Gasteiger partial charge in [-0.1, -0.05) is 6.92 Å². The monoisotopic (exact) mass is 307 g/mol. The summed E-state index contributed by atoms with van der Waals surface area (Å²) in [5.41, 5.74) is 0. The second kappa shape index (κ2) is 7.51. The van der Waals surface area contributed by atoms with Crippen LogP contribution < -0.4 is 4.72 Å². The number of carbonyl (C=O) groups is 1. The number of nitrogens with zero attached hydrogens (tertiary/aromatic N) is 2. The van der Waals surface area contributed by atoms with Crippen molar-refractivity contribution >= 4 is 27.8 Å². The van der Waals surface area contributed by atoms with Crippen LogP contribution >= 0.6 is 11.8 Å². The van der Waals surface area contributed by atoms with Crippen LogP contribution in [0.25, 0.3) is 0 Å². The Bertz CT molecular complexity index is 513. The average Bonchev–Trinajstić information content (AvgIpc) is 2.77. The summed E-state index contributed by atoms with van der Waals surface area (Å²) in [7, 11) is -3.60. The number of carboxylic acids is 1. The van der Waals surface area contributed by atoms with Gasteiger partial charge in [0.2, 0.25) is 10.0 Å². The Hall–Kier alpha value is -1.06. The first kappa shape index (κ1) is 16.0. The first-order valence-corrected chi connectivity index (χ1v) is 8.41. The van der Waals surface area contributed by atoms with Crippen LogP contribution in [0.1, 0.15) is 13.3 Å². The van der Waals surface area contributed by atoms with Crippen molar-refractivity contribution in [1.82, 2.24) is 14.5 Å². The van der Waals surface area contributed by atoms with Crippen molar-refractivity contribution in [3.05, 3.63) is 12.4 Å². The van der Waals surface area contributed by atoms with E-state index in [2.05, 4.69) is 9.82 Å². The van der Waals surface area contributed by atoms with Gasteiger partial charge < -0.3 is 5.11 Å². The molecular formula is C10H17N3O4S2. The Labute approximate surface area is 116 Å². The van der Waals surface area contributed by atoms with Crippen LogP contribution in [0, 0.1) is 0 Å². The minimum Gasteiger partial charge on any atom is -0.480 e. The lowest BCUT2D eigenvalue weighted by atomic mass is 10.5. The number of aromatic nitrogens is 2. The van der Waals surface area contributed by atoms with Crippen molar-refractivity contribution < 1.29 is 18.3 Å². The molecule has 1 aromatic heterocycles. The molecule has 9 heteroatoms. The quantitative estimate of drug-likeness (QED) is 0.640. The highest BCUT2D eigenvalue weighted by Crippen LogP contribution is 2.07. The zero-order valence-electron chi connectivity index (χ0n) is 10.6. The fourth-order valence-electron chi connectivity index (χ4n) is 1.32. The van der Waals surface area contributed by atoms with E-state index in [0.717, 1.165) is 28.8 Å². The molecule has 0 aliphatic rings. The van der Waals surface area contributed by atoms with E-state index in [1.165, 1.54) is 6.20 Å². The van der Waals surface area contributed by atoms with Crippen molar-refractivity contribution in [2.45, 2.75) is 24.8 Å². The third-order valence-corrected chi connectivity index (χ3v) is 4.58. The SMILES string of the molecule is CCSCCCNS(=O)(=O)c1cnn(CC(=O)O)c1. The van der Waals surface area contributed by atoms with Gasteiger partial charge in [-0.05, 0) is 17.9 Å². The van der Waals surface area contributed by atoms with Crippen LogP contribution in [0.5, 0.6) is 0 Å². The topological polar surface area (TPSA) is 101 Å². The molecule has 0 bridgehead atoms. The summed E-state index contributed by atoms with van der Waals surface area (Å²) in [5.74, 6) is 0.836. The normalized spacial score (nSPS) is 11.6.